The second-order valence-corrected chi connectivity index (χ2v) is 8.31. The first-order chi connectivity index (χ1) is 15.6. The van der Waals surface area contributed by atoms with E-state index in [0.29, 0.717) is 24.0 Å². The van der Waals surface area contributed by atoms with Gasteiger partial charge in [-0.05, 0) is 65.2 Å². The van der Waals surface area contributed by atoms with Crippen LogP contribution >= 0.6 is 11.8 Å². The number of ether oxygens (including phenoxy) is 1. The monoisotopic (exact) mass is 444 g/mol. The Morgan fingerprint density at radius 3 is 2.38 bits per heavy atom. The first-order valence-corrected chi connectivity index (χ1v) is 11.5. The number of fused-ring (bicyclic) bond motifs is 1. The molecule has 3 aromatic carbocycles. The summed E-state index contributed by atoms with van der Waals surface area (Å²) in [6.45, 7) is 0.878. The van der Waals surface area contributed by atoms with E-state index in [1.807, 2.05) is 54.8 Å². The summed E-state index contributed by atoms with van der Waals surface area (Å²) in [5, 5.41) is 4.26. The summed E-state index contributed by atoms with van der Waals surface area (Å²) in [7, 11) is 1.62. The fraction of sp³-hybridized carbons (Fsp3) is 0.154. The largest absolute Gasteiger partial charge is 0.497 e. The minimum atomic E-state index is -0.217. The van der Waals surface area contributed by atoms with Crippen LogP contribution in [-0.2, 0) is 13.1 Å². The van der Waals surface area contributed by atoms with E-state index in [1.165, 1.54) is 4.90 Å². The van der Waals surface area contributed by atoms with Crippen molar-refractivity contribution >= 4 is 28.4 Å². The zero-order valence-corrected chi connectivity index (χ0v) is 18.8. The highest BCUT2D eigenvalue weighted by atomic mass is 32.2. The molecule has 0 saturated carbocycles. The number of hydrogen-bond donors (Lipinski definition) is 1. The summed E-state index contributed by atoms with van der Waals surface area (Å²) in [5.74, 6) is 0.552. The molecule has 0 atom stereocenters. The molecule has 0 spiro atoms. The van der Waals surface area contributed by atoms with E-state index < -0.39 is 0 Å². The highest BCUT2D eigenvalue weighted by Gasteiger charge is 2.10. The molecule has 0 bridgehead atoms. The van der Waals surface area contributed by atoms with Gasteiger partial charge in [-0.2, -0.15) is 0 Å². The molecule has 1 heterocycles. The lowest BCUT2D eigenvalue weighted by Crippen LogP contribution is -2.24. The lowest BCUT2D eigenvalue weighted by atomic mass is 10.1. The van der Waals surface area contributed by atoms with Gasteiger partial charge in [0.2, 0.25) is 0 Å². The average molecular weight is 445 g/mol. The second kappa shape index (κ2) is 9.75. The van der Waals surface area contributed by atoms with Crippen molar-refractivity contribution in [3.63, 3.8) is 0 Å². The first-order valence-electron chi connectivity index (χ1n) is 10.2. The van der Waals surface area contributed by atoms with Crippen molar-refractivity contribution in [3.8, 4) is 5.75 Å². The van der Waals surface area contributed by atoms with E-state index in [9.17, 15) is 9.59 Å². The number of hydrogen-bond acceptors (Lipinski definition) is 4. The smallest absolute Gasteiger partial charge is 0.258 e. The molecule has 0 aliphatic carbocycles. The van der Waals surface area contributed by atoms with Crippen LogP contribution in [0.25, 0.3) is 10.8 Å². The number of carbonyl (C=O) groups excluding carboxylic acids is 1. The fourth-order valence-corrected chi connectivity index (χ4v) is 3.91. The molecule has 5 nitrogen and oxygen atoms in total. The molecular formula is C26H24N2O3S. The maximum atomic E-state index is 13.1. The zero-order chi connectivity index (χ0) is 22.5. The van der Waals surface area contributed by atoms with Gasteiger partial charge in [-0.3, -0.25) is 9.59 Å². The standard InChI is InChI=1S/C26H24N2O3S/c1-31-22-9-3-18(4-10-22)16-27-25(29)21-8-7-20-13-14-28(26(30)24(20)15-21)17-19-5-11-23(32-2)12-6-19/h3-15H,16-17H2,1-2H3,(H,27,29). The summed E-state index contributed by atoms with van der Waals surface area (Å²) in [6.07, 6.45) is 3.84. The van der Waals surface area contributed by atoms with E-state index in [4.69, 9.17) is 4.74 Å². The van der Waals surface area contributed by atoms with Gasteiger partial charge in [0, 0.05) is 28.6 Å². The number of methoxy groups -OCH3 is 1. The fourth-order valence-electron chi connectivity index (χ4n) is 3.50. The van der Waals surface area contributed by atoms with Gasteiger partial charge < -0.3 is 14.6 Å². The molecule has 1 amide bonds. The highest BCUT2D eigenvalue weighted by Crippen LogP contribution is 2.17. The minimum Gasteiger partial charge on any atom is -0.497 e. The molecule has 1 aromatic heterocycles. The van der Waals surface area contributed by atoms with Crippen LogP contribution < -0.4 is 15.6 Å². The molecule has 162 valence electrons. The van der Waals surface area contributed by atoms with Gasteiger partial charge in [-0.25, -0.2) is 0 Å². The zero-order valence-electron chi connectivity index (χ0n) is 18.0. The number of aromatic nitrogens is 1. The molecule has 6 heteroatoms. The Labute approximate surface area is 191 Å². The van der Waals surface area contributed by atoms with Crippen LogP contribution in [0.5, 0.6) is 5.75 Å². The third-order valence-corrected chi connectivity index (χ3v) is 6.11. The number of carbonyl (C=O) groups is 1. The maximum absolute atomic E-state index is 13.1. The molecule has 0 aliphatic heterocycles. The van der Waals surface area contributed by atoms with Crippen LogP contribution in [0.2, 0.25) is 0 Å². The van der Waals surface area contributed by atoms with Crippen LogP contribution in [0, 0.1) is 0 Å². The maximum Gasteiger partial charge on any atom is 0.258 e. The summed E-state index contributed by atoms with van der Waals surface area (Å²) >= 11 is 1.69. The topological polar surface area (TPSA) is 60.3 Å². The van der Waals surface area contributed by atoms with E-state index in [0.717, 1.165) is 22.3 Å². The molecule has 0 unspecified atom stereocenters. The number of nitrogens with one attached hydrogen (secondary N) is 1. The van der Waals surface area contributed by atoms with Crippen LogP contribution in [0.15, 0.2) is 88.7 Å². The molecule has 0 saturated heterocycles. The number of benzene rings is 3. The van der Waals surface area contributed by atoms with Gasteiger partial charge in [0.25, 0.3) is 11.5 Å². The van der Waals surface area contributed by atoms with Crippen molar-refractivity contribution in [2.75, 3.05) is 13.4 Å². The number of amides is 1. The van der Waals surface area contributed by atoms with Crippen molar-refractivity contribution in [2.45, 2.75) is 18.0 Å². The Bertz CT molecular complexity index is 1300. The lowest BCUT2D eigenvalue weighted by Gasteiger charge is -2.10. The average Bonchev–Trinajstić information content (AvgIpc) is 2.85. The summed E-state index contributed by atoms with van der Waals surface area (Å²) < 4.78 is 6.83. The SMILES string of the molecule is COc1ccc(CNC(=O)c2ccc3ccn(Cc4ccc(SC)cc4)c(=O)c3c2)cc1. The van der Waals surface area contributed by atoms with E-state index in [-0.39, 0.29) is 11.5 Å². The van der Waals surface area contributed by atoms with Crippen LogP contribution in [0.1, 0.15) is 21.5 Å². The predicted octanol–water partition coefficient (Wildman–Crippen LogP) is 4.71. The highest BCUT2D eigenvalue weighted by molar-refractivity contribution is 7.98. The van der Waals surface area contributed by atoms with Gasteiger partial charge >= 0.3 is 0 Å². The Kier molecular flexibility index (Phi) is 6.61. The number of thioether (sulfide) groups is 1. The van der Waals surface area contributed by atoms with Crippen molar-refractivity contribution in [1.29, 1.82) is 0 Å². The van der Waals surface area contributed by atoms with Crippen molar-refractivity contribution < 1.29 is 9.53 Å². The van der Waals surface area contributed by atoms with E-state index in [2.05, 4.69) is 17.4 Å². The molecule has 0 radical (unpaired) electrons. The lowest BCUT2D eigenvalue weighted by molar-refractivity contribution is 0.0951. The molecular weight excluding hydrogens is 420 g/mol. The Balaban J connectivity index is 1.53. The molecule has 32 heavy (non-hydrogen) atoms. The van der Waals surface area contributed by atoms with Crippen LogP contribution in [-0.4, -0.2) is 23.8 Å². The molecule has 1 N–H and O–H groups in total. The Hall–Kier alpha value is -3.51. The first kappa shape index (κ1) is 21.7. The normalized spacial score (nSPS) is 10.8. The summed E-state index contributed by atoms with van der Waals surface area (Å²) in [4.78, 5) is 27.0. The van der Waals surface area contributed by atoms with Gasteiger partial charge in [0.15, 0.2) is 0 Å². The Morgan fingerprint density at radius 2 is 1.69 bits per heavy atom. The third-order valence-electron chi connectivity index (χ3n) is 5.36. The Morgan fingerprint density at radius 1 is 0.969 bits per heavy atom. The van der Waals surface area contributed by atoms with Crippen molar-refractivity contribution in [2.24, 2.45) is 0 Å². The van der Waals surface area contributed by atoms with Crippen molar-refractivity contribution in [3.05, 3.63) is 106 Å². The minimum absolute atomic E-state index is 0.110. The number of pyridine rings is 1. The molecule has 0 fully saturated rings. The van der Waals surface area contributed by atoms with Gasteiger partial charge in [0.05, 0.1) is 13.7 Å². The summed E-state index contributed by atoms with van der Waals surface area (Å²) in [5.41, 5.74) is 2.37. The van der Waals surface area contributed by atoms with Crippen LogP contribution in [0.4, 0.5) is 0 Å². The van der Waals surface area contributed by atoms with E-state index in [1.54, 1.807) is 41.8 Å². The molecule has 4 rings (SSSR count). The van der Waals surface area contributed by atoms with Gasteiger partial charge in [-0.15, -0.1) is 11.8 Å². The van der Waals surface area contributed by atoms with Crippen LogP contribution in [0.3, 0.4) is 0 Å². The predicted molar refractivity (Wildman–Crippen MR) is 130 cm³/mol. The van der Waals surface area contributed by atoms with Gasteiger partial charge in [-0.1, -0.05) is 30.3 Å². The van der Waals surface area contributed by atoms with Crippen molar-refractivity contribution in [1.82, 2.24) is 9.88 Å². The third kappa shape index (κ3) is 4.86. The molecule has 4 aromatic rings. The second-order valence-electron chi connectivity index (χ2n) is 7.43. The van der Waals surface area contributed by atoms with E-state index >= 15 is 0 Å². The number of nitrogens with zero attached hydrogens (tertiary/aromatic N) is 1. The molecule has 0 aliphatic rings. The quantitative estimate of drug-likeness (QED) is 0.420. The van der Waals surface area contributed by atoms with Gasteiger partial charge in [0.1, 0.15) is 5.75 Å². The summed E-state index contributed by atoms with van der Waals surface area (Å²) in [6, 6.07) is 22.8. The number of rotatable bonds is 7.